The molecular weight excluding hydrogens is 380 g/mol. The molecule has 2 amide bonds. The summed E-state index contributed by atoms with van der Waals surface area (Å²) in [6.07, 6.45) is -1.43. The molecule has 8 heteroatoms. The van der Waals surface area contributed by atoms with E-state index < -0.39 is 12.0 Å². The standard InChI is InChI=1S/C20H21ClN4O3/c1-23-17-8-15(7-16(21)9-17)19(27)20(28)25(2)12-18(26)24-11-14-5-3-13(10-22)4-6-14/h3-9,19,23,27H,11-12H2,1-2H3,(H,24,26). The van der Waals surface area contributed by atoms with Gasteiger partial charge in [-0.15, -0.1) is 0 Å². The molecule has 0 aliphatic heterocycles. The van der Waals surface area contributed by atoms with Gasteiger partial charge in [0, 0.05) is 31.4 Å². The molecule has 2 aromatic carbocycles. The summed E-state index contributed by atoms with van der Waals surface area (Å²) in [5.41, 5.74) is 2.38. The molecule has 28 heavy (non-hydrogen) atoms. The van der Waals surface area contributed by atoms with Gasteiger partial charge in [-0.25, -0.2) is 0 Å². The van der Waals surface area contributed by atoms with Gasteiger partial charge in [-0.05, 0) is 41.5 Å². The van der Waals surface area contributed by atoms with Crippen molar-refractivity contribution in [3.8, 4) is 6.07 Å². The second kappa shape index (κ2) is 9.74. The van der Waals surface area contributed by atoms with Gasteiger partial charge in [0.2, 0.25) is 5.91 Å². The number of benzene rings is 2. The van der Waals surface area contributed by atoms with Crippen LogP contribution in [0.3, 0.4) is 0 Å². The lowest BCUT2D eigenvalue weighted by molar-refractivity contribution is -0.142. The molecule has 7 nitrogen and oxygen atoms in total. The number of nitriles is 1. The lowest BCUT2D eigenvalue weighted by Gasteiger charge is -2.21. The molecule has 146 valence electrons. The number of rotatable bonds is 7. The molecule has 3 N–H and O–H groups in total. The van der Waals surface area contributed by atoms with E-state index in [1.54, 1.807) is 43.4 Å². The van der Waals surface area contributed by atoms with E-state index >= 15 is 0 Å². The highest BCUT2D eigenvalue weighted by Crippen LogP contribution is 2.24. The van der Waals surface area contributed by atoms with Crippen molar-refractivity contribution in [2.45, 2.75) is 12.6 Å². The number of hydrogen-bond acceptors (Lipinski definition) is 5. The minimum absolute atomic E-state index is 0.203. The molecule has 0 bridgehead atoms. The number of hydrogen-bond donors (Lipinski definition) is 3. The zero-order valence-corrected chi connectivity index (χ0v) is 16.3. The number of nitrogens with one attached hydrogen (secondary N) is 2. The number of anilines is 1. The minimum atomic E-state index is -1.43. The second-order valence-electron chi connectivity index (χ2n) is 6.21. The third-order valence-corrected chi connectivity index (χ3v) is 4.31. The quantitative estimate of drug-likeness (QED) is 0.659. The van der Waals surface area contributed by atoms with Crippen molar-refractivity contribution in [1.29, 1.82) is 5.26 Å². The van der Waals surface area contributed by atoms with Gasteiger partial charge < -0.3 is 20.6 Å². The van der Waals surface area contributed by atoms with Gasteiger partial charge in [0.15, 0.2) is 6.10 Å². The molecule has 2 aromatic rings. The van der Waals surface area contributed by atoms with Gasteiger partial charge in [0.25, 0.3) is 5.91 Å². The monoisotopic (exact) mass is 400 g/mol. The number of carbonyl (C=O) groups is 2. The Morgan fingerprint density at radius 2 is 1.93 bits per heavy atom. The van der Waals surface area contributed by atoms with E-state index in [0.29, 0.717) is 21.8 Å². The van der Waals surface area contributed by atoms with E-state index in [-0.39, 0.29) is 19.0 Å². The summed E-state index contributed by atoms with van der Waals surface area (Å²) in [5, 5.41) is 25.1. The van der Waals surface area contributed by atoms with Crippen LogP contribution in [0.15, 0.2) is 42.5 Å². The zero-order valence-electron chi connectivity index (χ0n) is 15.6. The van der Waals surface area contributed by atoms with Crippen LogP contribution in [0.5, 0.6) is 0 Å². The molecule has 1 unspecified atom stereocenters. The highest BCUT2D eigenvalue weighted by molar-refractivity contribution is 6.31. The average molecular weight is 401 g/mol. The Morgan fingerprint density at radius 3 is 2.54 bits per heavy atom. The summed E-state index contributed by atoms with van der Waals surface area (Å²) < 4.78 is 0. The first-order valence-electron chi connectivity index (χ1n) is 8.51. The maximum atomic E-state index is 12.4. The van der Waals surface area contributed by atoms with Crippen LogP contribution in [0, 0.1) is 11.3 Å². The molecule has 0 radical (unpaired) electrons. The van der Waals surface area contributed by atoms with Gasteiger partial charge in [-0.1, -0.05) is 23.7 Å². The molecule has 0 aromatic heterocycles. The summed E-state index contributed by atoms with van der Waals surface area (Å²) >= 11 is 6.00. The van der Waals surface area contributed by atoms with Crippen LogP contribution < -0.4 is 10.6 Å². The highest BCUT2D eigenvalue weighted by Gasteiger charge is 2.23. The van der Waals surface area contributed by atoms with Crippen molar-refractivity contribution in [3.05, 3.63) is 64.2 Å². The summed E-state index contributed by atoms with van der Waals surface area (Å²) in [5.74, 6) is -0.979. The van der Waals surface area contributed by atoms with E-state index in [0.717, 1.165) is 10.5 Å². The Bertz CT molecular complexity index is 893. The molecule has 0 aliphatic carbocycles. The SMILES string of the molecule is CNc1cc(Cl)cc(C(O)C(=O)N(C)CC(=O)NCc2ccc(C#N)cc2)c1. The number of aliphatic hydroxyl groups is 1. The van der Waals surface area contributed by atoms with Crippen molar-refractivity contribution in [2.75, 3.05) is 26.0 Å². The lowest BCUT2D eigenvalue weighted by Crippen LogP contribution is -2.40. The van der Waals surface area contributed by atoms with Crippen LogP contribution >= 0.6 is 11.6 Å². The number of likely N-dealkylation sites (N-methyl/N-ethyl adjacent to an activating group) is 1. The maximum Gasteiger partial charge on any atom is 0.256 e. The summed E-state index contributed by atoms with van der Waals surface area (Å²) in [6, 6.07) is 13.6. The fourth-order valence-electron chi connectivity index (χ4n) is 2.51. The summed E-state index contributed by atoms with van der Waals surface area (Å²) in [7, 11) is 3.14. The Morgan fingerprint density at radius 1 is 1.25 bits per heavy atom. The van der Waals surface area contributed by atoms with Gasteiger partial charge in [-0.2, -0.15) is 5.26 Å². The predicted molar refractivity (Wildman–Crippen MR) is 107 cm³/mol. The molecule has 0 fully saturated rings. The van der Waals surface area contributed by atoms with E-state index in [1.165, 1.54) is 13.1 Å². The number of aliphatic hydroxyl groups excluding tert-OH is 1. The van der Waals surface area contributed by atoms with Crippen molar-refractivity contribution in [2.24, 2.45) is 0 Å². The van der Waals surface area contributed by atoms with Crippen molar-refractivity contribution < 1.29 is 14.7 Å². The van der Waals surface area contributed by atoms with Crippen LogP contribution in [0.4, 0.5) is 5.69 Å². The van der Waals surface area contributed by atoms with Gasteiger partial charge in [-0.3, -0.25) is 9.59 Å². The van der Waals surface area contributed by atoms with Crippen LogP contribution in [0.2, 0.25) is 5.02 Å². The van der Waals surface area contributed by atoms with Crippen LogP contribution in [-0.2, 0) is 16.1 Å². The molecule has 0 aliphatic rings. The average Bonchev–Trinajstić information content (AvgIpc) is 2.70. The van der Waals surface area contributed by atoms with Gasteiger partial charge in [0.1, 0.15) is 0 Å². The summed E-state index contributed by atoms with van der Waals surface area (Å²) in [6.45, 7) is 0.0700. The van der Waals surface area contributed by atoms with Gasteiger partial charge in [0.05, 0.1) is 18.2 Å². The molecule has 0 saturated heterocycles. The fraction of sp³-hybridized carbons (Fsp3) is 0.250. The third-order valence-electron chi connectivity index (χ3n) is 4.09. The second-order valence-corrected chi connectivity index (χ2v) is 6.64. The van der Waals surface area contributed by atoms with Crippen molar-refractivity contribution in [1.82, 2.24) is 10.2 Å². The summed E-state index contributed by atoms with van der Waals surface area (Å²) in [4.78, 5) is 25.7. The predicted octanol–water partition coefficient (Wildman–Crippen LogP) is 2.06. The Hall–Kier alpha value is -3.08. The number of carbonyl (C=O) groups excluding carboxylic acids is 2. The largest absolute Gasteiger partial charge is 0.388 e. The Balaban J connectivity index is 1.92. The fourth-order valence-corrected chi connectivity index (χ4v) is 2.76. The van der Waals surface area contributed by atoms with E-state index in [1.807, 2.05) is 6.07 Å². The first kappa shape index (κ1) is 21.2. The molecule has 0 heterocycles. The van der Waals surface area contributed by atoms with Crippen molar-refractivity contribution >= 4 is 29.1 Å². The van der Waals surface area contributed by atoms with E-state index in [2.05, 4.69) is 10.6 Å². The first-order valence-corrected chi connectivity index (χ1v) is 8.89. The molecule has 0 saturated carbocycles. The normalized spacial score (nSPS) is 11.2. The number of amides is 2. The van der Waals surface area contributed by atoms with Crippen molar-refractivity contribution in [3.63, 3.8) is 0 Å². The molecule has 1 atom stereocenters. The Labute approximate surface area is 168 Å². The first-order chi connectivity index (χ1) is 13.3. The third kappa shape index (κ3) is 5.71. The van der Waals surface area contributed by atoms with Gasteiger partial charge >= 0.3 is 0 Å². The topological polar surface area (TPSA) is 105 Å². The zero-order chi connectivity index (χ0) is 20.7. The van der Waals surface area contributed by atoms with E-state index in [4.69, 9.17) is 16.9 Å². The molecular formula is C20H21ClN4O3. The molecule has 2 rings (SSSR count). The lowest BCUT2D eigenvalue weighted by atomic mass is 10.1. The van der Waals surface area contributed by atoms with Crippen LogP contribution in [0.1, 0.15) is 22.8 Å². The highest BCUT2D eigenvalue weighted by atomic mass is 35.5. The number of nitrogens with zero attached hydrogens (tertiary/aromatic N) is 2. The smallest absolute Gasteiger partial charge is 0.256 e. The van der Waals surface area contributed by atoms with E-state index in [9.17, 15) is 14.7 Å². The number of halogens is 1. The van der Waals surface area contributed by atoms with Crippen LogP contribution in [0.25, 0.3) is 0 Å². The maximum absolute atomic E-state index is 12.4. The minimum Gasteiger partial charge on any atom is -0.388 e. The van der Waals surface area contributed by atoms with Crippen LogP contribution in [-0.4, -0.2) is 42.5 Å². The Kier molecular flexibility index (Phi) is 7.38. The molecule has 0 spiro atoms.